The van der Waals surface area contributed by atoms with Crippen LogP contribution in [0.2, 0.25) is 10.0 Å². The minimum atomic E-state index is -0.876. The lowest BCUT2D eigenvalue weighted by Crippen LogP contribution is -2.06. The van der Waals surface area contributed by atoms with Crippen molar-refractivity contribution in [3.8, 4) is 0 Å². The van der Waals surface area contributed by atoms with Crippen molar-refractivity contribution in [3.63, 3.8) is 0 Å². The van der Waals surface area contributed by atoms with E-state index in [1.165, 1.54) is 0 Å². The van der Waals surface area contributed by atoms with Gasteiger partial charge in [0.25, 0.3) is 0 Å². The van der Waals surface area contributed by atoms with Gasteiger partial charge in [0, 0.05) is 0 Å². The summed E-state index contributed by atoms with van der Waals surface area (Å²) in [4.78, 5) is 10.6. The van der Waals surface area contributed by atoms with Crippen LogP contribution in [0.4, 0.5) is 0 Å². The number of benzene rings is 1. The van der Waals surface area contributed by atoms with Crippen molar-refractivity contribution in [1.29, 1.82) is 0 Å². The minimum absolute atomic E-state index is 0.382. The second-order valence-electron chi connectivity index (χ2n) is 2.73. The number of carboxylic acid groups (broad SMARTS) is 1. The highest BCUT2D eigenvalue weighted by Gasteiger charge is 2.14. The molecule has 1 atom stereocenters. The van der Waals surface area contributed by atoms with E-state index in [1.807, 2.05) is 0 Å². The van der Waals surface area contributed by atoms with Crippen molar-refractivity contribution in [2.24, 2.45) is 0 Å². The number of hydrogen-bond donors (Lipinski definition) is 1. The van der Waals surface area contributed by atoms with Crippen LogP contribution >= 0.6 is 23.2 Å². The highest BCUT2D eigenvalue weighted by molar-refractivity contribution is 6.42. The molecule has 1 rings (SSSR count). The van der Waals surface area contributed by atoms with Gasteiger partial charge in [0.2, 0.25) is 0 Å². The smallest absolute Gasteiger partial charge is 0.310 e. The quantitative estimate of drug-likeness (QED) is 0.829. The number of halogens is 2. The van der Waals surface area contributed by atoms with Crippen LogP contribution < -0.4 is 0 Å². The molecule has 0 spiro atoms. The first-order chi connectivity index (χ1) is 6.02. The lowest BCUT2D eigenvalue weighted by molar-refractivity contribution is -0.138. The molecule has 4 heteroatoms. The second-order valence-corrected chi connectivity index (χ2v) is 3.55. The Labute approximate surface area is 86.1 Å². The van der Waals surface area contributed by atoms with Gasteiger partial charge in [-0.25, -0.2) is 0 Å². The molecule has 0 aliphatic rings. The molecule has 0 radical (unpaired) electrons. The minimum Gasteiger partial charge on any atom is -0.481 e. The molecule has 0 saturated carbocycles. The lowest BCUT2D eigenvalue weighted by atomic mass is 10.0. The number of rotatable bonds is 2. The third-order valence-electron chi connectivity index (χ3n) is 1.81. The summed E-state index contributed by atoms with van der Waals surface area (Å²) in [6, 6.07) is 4.83. The Bertz CT molecular complexity index is 336. The van der Waals surface area contributed by atoms with E-state index in [1.54, 1.807) is 25.1 Å². The van der Waals surface area contributed by atoms with Crippen molar-refractivity contribution in [2.45, 2.75) is 12.8 Å². The highest BCUT2D eigenvalue weighted by atomic mass is 35.5. The topological polar surface area (TPSA) is 37.3 Å². The predicted octanol–water partition coefficient (Wildman–Crippen LogP) is 3.18. The van der Waals surface area contributed by atoms with E-state index in [2.05, 4.69) is 0 Å². The summed E-state index contributed by atoms with van der Waals surface area (Å²) in [7, 11) is 0. The fraction of sp³-hybridized carbons (Fsp3) is 0.222. The fourth-order valence-corrected chi connectivity index (χ4v) is 1.23. The van der Waals surface area contributed by atoms with Crippen LogP contribution in [0.3, 0.4) is 0 Å². The maximum atomic E-state index is 10.6. The Hall–Kier alpha value is -0.730. The first-order valence-corrected chi connectivity index (χ1v) is 4.45. The van der Waals surface area contributed by atoms with E-state index >= 15 is 0 Å². The summed E-state index contributed by atoms with van der Waals surface area (Å²) in [5, 5.41) is 9.53. The molecule has 0 saturated heterocycles. The number of aliphatic carboxylic acids is 1. The Morgan fingerprint density at radius 2 is 2.00 bits per heavy atom. The van der Waals surface area contributed by atoms with E-state index in [-0.39, 0.29) is 0 Å². The van der Waals surface area contributed by atoms with E-state index in [4.69, 9.17) is 28.3 Å². The summed E-state index contributed by atoms with van der Waals surface area (Å²) >= 11 is 11.4. The van der Waals surface area contributed by atoms with Gasteiger partial charge in [-0.1, -0.05) is 29.3 Å². The molecular weight excluding hydrogens is 211 g/mol. The van der Waals surface area contributed by atoms with Gasteiger partial charge in [-0.05, 0) is 24.6 Å². The molecule has 0 unspecified atom stereocenters. The molecule has 0 aliphatic carbocycles. The van der Waals surface area contributed by atoms with Crippen LogP contribution in [-0.2, 0) is 4.79 Å². The number of carbonyl (C=O) groups is 1. The molecular formula is C9H8Cl2O2. The molecule has 2 nitrogen and oxygen atoms in total. The highest BCUT2D eigenvalue weighted by Crippen LogP contribution is 2.26. The number of carboxylic acids is 1. The zero-order valence-corrected chi connectivity index (χ0v) is 8.43. The molecule has 13 heavy (non-hydrogen) atoms. The summed E-state index contributed by atoms with van der Waals surface area (Å²) < 4.78 is 0. The molecule has 0 amide bonds. The van der Waals surface area contributed by atoms with Crippen LogP contribution in [0.5, 0.6) is 0 Å². The maximum Gasteiger partial charge on any atom is 0.310 e. The van der Waals surface area contributed by atoms with Crippen molar-refractivity contribution < 1.29 is 9.90 Å². The largest absolute Gasteiger partial charge is 0.481 e. The van der Waals surface area contributed by atoms with Crippen LogP contribution in [-0.4, -0.2) is 11.1 Å². The van der Waals surface area contributed by atoms with E-state index in [0.717, 1.165) is 0 Å². The van der Waals surface area contributed by atoms with Gasteiger partial charge < -0.3 is 5.11 Å². The SMILES string of the molecule is C[C@H](C(=O)O)c1ccc(Cl)c(Cl)c1. The second kappa shape index (κ2) is 3.99. The molecule has 1 aromatic rings. The molecule has 0 aromatic heterocycles. The molecule has 0 fully saturated rings. The summed E-state index contributed by atoms with van der Waals surface area (Å²) in [5.74, 6) is -1.44. The number of hydrogen-bond acceptors (Lipinski definition) is 1. The van der Waals surface area contributed by atoms with Crippen LogP contribution in [0.25, 0.3) is 0 Å². The van der Waals surface area contributed by atoms with Gasteiger partial charge in [-0.2, -0.15) is 0 Å². The fourth-order valence-electron chi connectivity index (χ4n) is 0.924. The van der Waals surface area contributed by atoms with Crippen LogP contribution in [0.1, 0.15) is 18.4 Å². The molecule has 1 N–H and O–H groups in total. The van der Waals surface area contributed by atoms with Crippen molar-refractivity contribution >= 4 is 29.2 Å². The van der Waals surface area contributed by atoms with Gasteiger partial charge in [0.15, 0.2) is 0 Å². The normalized spacial score (nSPS) is 12.5. The van der Waals surface area contributed by atoms with E-state index in [9.17, 15) is 4.79 Å². The maximum absolute atomic E-state index is 10.6. The predicted molar refractivity (Wildman–Crippen MR) is 52.5 cm³/mol. The Kier molecular flexibility index (Phi) is 3.17. The average Bonchev–Trinajstić information content (AvgIpc) is 2.08. The molecule has 0 heterocycles. The summed E-state index contributed by atoms with van der Waals surface area (Å²) in [6.45, 7) is 1.60. The Morgan fingerprint density at radius 3 is 2.46 bits per heavy atom. The van der Waals surface area contributed by atoms with Crippen molar-refractivity contribution in [3.05, 3.63) is 33.8 Å². The van der Waals surface area contributed by atoms with Gasteiger partial charge in [0.05, 0.1) is 16.0 Å². The van der Waals surface area contributed by atoms with Crippen LogP contribution in [0, 0.1) is 0 Å². The molecule has 0 bridgehead atoms. The van der Waals surface area contributed by atoms with Gasteiger partial charge in [-0.15, -0.1) is 0 Å². The summed E-state index contributed by atoms with van der Waals surface area (Å²) in [6.07, 6.45) is 0. The zero-order valence-electron chi connectivity index (χ0n) is 6.92. The zero-order chi connectivity index (χ0) is 10.0. The average molecular weight is 219 g/mol. The Morgan fingerprint density at radius 1 is 1.38 bits per heavy atom. The van der Waals surface area contributed by atoms with Gasteiger partial charge >= 0.3 is 5.97 Å². The first-order valence-electron chi connectivity index (χ1n) is 3.70. The van der Waals surface area contributed by atoms with Gasteiger partial charge in [-0.3, -0.25) is 4.79 Å². The Balaban J connectivity index is 3.03. The molecule has 70 valence electrons. The summed E-state index contributed by atoms with van der Waals surface area (Å²) in [5.41, 5.74) is 0.655. The van der Waals surface area contributed by atoms with Crippen molar-refractivity contribution in [2.75, 3.05) is 0 Å². The lowest BCUT2D eigenvalue weighted by Gasteiger charge is -2.06. The van der Waals surface area contributed by atoms with Crippen molar-refractivity contribution in [1.82, 2.24) is 0 Å². The third kappa shape index (κ3) is 2.36. The molecule has 0 aliphatic heterocycles. The van der Waals surface area contributed by atoms with Crippen LogP contribution in [0.15, 0.2) is 18.2 Å². The van der Waals surface area contributed by atoms with Gasteiger partial charge in [0.1, 0.15) is 0 Å². The van der Waals surface area contributed by atoms with E-state index < -0.39 is 11.9 Å². The molecule has 1 aromatic carbocycles. The third-order valence-corrected chi connectivity index (χ3v) is 2.55. The monoisotopic (exact) mass is 218 g/mol. The first kappa shape index (κ1) is 10.4. The standard InChI is InChI=1S/C9H8Cl2O2/c1-5(9(12)13)6-2-3-7(10)8(11)4-6/h2-5H,1H3,(H,12,13)/t5-/m0/s1. The van der Waals surface area contributed by atoms with E-state index in [0.29, 0.717) is 15.6 Å².